The highest BCUT2D eigenvalue weighted by molar-refractivity contribution is 9.10. The van der Waals surface area contributed by atoms with Crippen LogP contribution >= 0.6 is 15.9 Å². The minimum Gasteiger partial charge on any atom is -0.484 e. The van der Waals surface area contributed by atoms with Crippen LogP contribution in [0.15, 0.2) is 46.9 Å². The number of carbonyl (C=O) groups is 2. The lowest BCUT2D eigenvalue weighted by atomic mass is 10.1. The summed E-state index contributed by atoms with van der Waals surface area (Å²) >= 11 is 3.47. The minimum absolute atomic E-state index is 0.124. The lowest BCUT2D eigenvalue weighted by Gasteiger charge is -2.31. The first-order valence-electron chi connectivity index (χ1n) is 10.7. The summed E-state index contributed by atoms with van der Waals surface area (Å²) in [6.07, 6.45) is 0.527. The third-order valence-corrected chi connectivity index (χ3v) is 5.93. The fourth-order valence-corrected chi connectivity index (χ4v) is 3.41. The molecule has 0 fully saturated rings. The van der Waals surface area contributed by atoms with Crippen LogP contribution < -0.4 is 10.1 Å². The van der Waals surface area contributed by atoms with E-state index in [1.165, 1.54) is 0 Å². The number of carbonyl (C=O) groups excluding carboxylic acids is 2. The third-order valence-electron chi connectivity index (χ3n) is 5.04. The molecule has 0 radical (unpaired) electrons. The molecule has 0 heterocycles. The van der Waals surface area contributed by atoms with Gasteiger partial charge >= 0.3 is 0 Å². The number of aryl methyl sites for hydroxylation is 2. The van der Waals surface area contributed by atoms with Crippen LogP contribution in [0.2, 0.25) is 0 Å². The topological polar surface area (TPSA) is 58.6 Å². The van der Waals surface area contributed by atoms with Crippen LogP contribution in [0.4, 0.5) is 0 Å². The number of hydrogen-bond acceptors (Lipinski definition) is 3. The zero-order chi connectivity index (χ0) is 23.0. The van der Waals surface area contributed by atoms with Crippen molar-refractivity contribution in [3.63, 3.8) is 0 Å². The molecular weight excluding hydrogens is 456 g/mol. The fourth-order valence-electron chi connectivity index (χ4n) is 3.17. The molecule has 2 amide bonds. The van der Waals surface area contributed by atoms with Crippen LogP contribution in [0.25, 0.3) is 0 Å². The number of ether oxygens (including phenoxy) is 1. The lowest BCUT2D eigenvalue weighted by molar-refractivity contribution is -0.143. The van der Waals surface area contributed by atoms with Crippen molar-refractivity contribution in [3.8, 4) is 5.75 Å². The standard InChI is InChI=1S/C25H33BrN2O3/c1-6-23(25(30)27-14-17(2)3)28(15-20-9-7-18(4)8-10-20)24(29)16-31-21-11-12-22(26)19(5)13-21/h7-13,17,23H,6,14-16H2,1-5H3,(H,27,30)/t23-/m1/s1. The molecule has 0 bridgehead atoms. The quantitative estimate of drug-likeness (QED) is 0.510. The van der Waals surface area contributed by atoms with Crippen LogP contribution in [-0.2, 0) is 16.1 Å². The Kier molecular flexibility index (Phi) is 9.56. The molecule has 0 spiro atoms. The molecule has 0 aliphatic rings. The van der Waals surface area contributed by atoms with Gasteiger partial charge in [0.1, 0.15) is 11.8 Å². The number of amides is 2. The first-order chi connectivity index (χ1) is 14.7. The Morgan fingerprint density at radius 2 is 1.77 bits per heavy atom. The highest BCUT2D eigenvalue weighted by Gasteiger charge is 2.29. The van der Waals surface area contributed by atoms with E-state index >= 15 is 0 Å². The van der Waals surface area contributed by atoms with E-state index in [-0.39, 0.29) is 18.4 Å². The van der Waals surface area contributed by atoms with E-state index < -0.39 is 6.04 Å². The number of halogens is 1. The van der Waals surface area contributed by atoms with E-state index in [0.29, 0.717) is 31.2 Å². The van der Waals surface area contributed by atoms with Gasteiger partial charge in [-0.15, -0.1) is 0 Å². The molecule has 168 valence electrons. The average molecular weight is 489 g/mol. The fraction of sp³-hybridized carbons (Fsp3) is 0.440. The van der Waals surface area contributed by atoms with Crippen molar-refractivity contribution < 1.29 is 14.3 Å². The number of hydrogen-bond donors (Lipinski definition) is 1. The van der Waals surface area contributed by atoms with E-state index in [9.17, 15) is 9.59 Å². The van der Waals surface area contributed by atoms with Gasteiger partial charge in [0, 0.05) is 17.6 Å². The average Bonchev–Trinajstić information content (AvgIpc) is 2.74. The van der Waals surface area contributed by atoms with Crippen LogP contribution in [0.1, 0.15) is 43.9 Å². The van der Waals surface area contributed by atoms with E-state index in [1.54, 1.807) is 4.90 Å². The molecule has 6 heteroatoms. The summed E-state index contributed by atoms with van der Waals surface area (Å²) in [7, 11) is 0. The molecule has 2 aromatic rings. The Bertz CT molecular complexity index is 881. The molecular formula is C25H33BrN2O3. The summed E-state index contributed by atoms with van der Waals surface area (Å²) in [5.41, 5.74) is 3.16. The van der Waals surface area contributed by atoms with Crippen LogP contribution in [0.5, 0.6) is 5.75 Å². The minimum atomic E-state index is -0.553. The number of nitrogens with zero attached hydrogens (tertiary/aromatic N) is 1. The van der Waals surface area contributed by atoms with Crippen molar-refractivity contribution in [1.29, 1.82) is 0 Å². The Balaban J connectivity index is 2.19. The van der Waals surface area contributed by atoms with Gasteiger partial charge in [-0.25, -0.2) is 0 Å². The molecule has 5 nitrogen and oxygen atoms in total. The Hall–Kier alpha value is -2.34. The van der Waals surface area contributed by atoms with Gasteiger partial charge in [0.15, 0.2) is 6.61 Å². The van der Waals surface area contributed by atoms with Gasteiger partial charge in [-0.2, -0.15) is 0 Å². The summed E-state index contributed by atoms with van der Waals surface area (Å²) in [5, 5.41) is 2.97. The number of benzene rings is 2. The summed E-state index contributed by atoms with van der Waals surface area (Å²) in [6, 6.07) is 13.1. The van der Waals surface area contributed by atoms with Gasteiger partial charge < -0.3 is 15.0 Å². The summed E-state index contributed by atoms with van der Waals surface area (Å²) in [5.74, 6) is 0.622. The molecule has 1 N–H and O–H groups in total. The maximum absolute atomic E-state index is 13.2. The molecule has 1 atom stereocenters. The summed E-state index contributed by atoms with van der Waals surface area (Å²) in [4.78, 5) is 27.7. The van der Waals surface area contributed by atoms with Crippen molar-refractivity contribution in [1.82, 2.24) is 10.2 Å². The van der Waals surface area contributed by atoms with E-state index in [2.05, 4.69) is 21.2 Å². The highest BCUT2D eigenvalue weighted by atomic mass is 79.9. The molecule has 0 aliphatic carbocycles. The van der Waals surface area contributed by atoms with Gasteiger partial charge in [-0.1, -0.05) is 66.5 Å². The molecule has 0 saturated heterocycles. The SMILES string of the molecule is CC[C@H](C(=O)NCC(C)C)N(Cc1ccc(C)cc1)C(=O)COc1ccc(Br)c(C)c1. The molecule has 31 heavy (non-hydrogen) atoms. The number of rotatable bonds is 10. The van der Waals surface area contributed by atoms with Gasteiger partial charge in [0.2, 0.25) is 5.91 Å². The van der Waals surface area contributed by atoms with Gasteiger partial charge in [-0.3, -0.25) is 9.59 Å². The van der Waals surface area contributed by atoms with Crippen LogP contribution in [0, 0.1) is 19.8 Å². The second-order valence-corrected chi connectivity index (χ2v) is 9.12. The Labute approximate surface area is 194 Å². The largest absolute Gasteiger partial charge is 0.484 e. The van der Waals surface area contributed by atoms with Crippen molar-refractivity contribution in [2.24, 2.45) is 5.92 Å². The zero-order valence-corrected chi connectivity index (χ0v) is 20.7. The van der Waals surface area contributed by atoms with E-state index in [4.69, 9.17) is 4.74 Å². The molecule has 0 aliphatic heterocycles. The predicted molar refractivity (Wildman–Crippen MR) is 128 cm³/mol. The molecule has 0 unspecified atom stereocenters. The summed E-state index contributed by atoms with van der Waals surface area (Å²) < 4.78 is 6.76. The third kappa shape index (κ3) is 7.69. The highest BCUT2D eigenvalue weighted by Crippen LogP contribution is 2.22. The molecule has 2 rings (SSSR count). The van der Waals surface area contributed by atoms with Gasteiger partial charge in [0.05, 0.1) is 0 Å². The monoisotopic (exact) mass is 488 g/mol. The van der Waals surface area contributed by atoms with Crippen molar-refractivity contribution in [3.05, 3.63) is 63.6 Å². The predicted octanol–water partition coefficient (Wildman–Crippen LogP) is 5.02. The first kappa shape index (κ1) is 24.9. The van der Waals surface area contributed by atoms with Crippen molar-refractivity contribution in [2.75, 3.05) is 13.2 Å². The normalized spacial score (nSPS) is 11.8. The smallest absolute Gasteiger partial charge is 0.261 e. The second-order valence-electron chi connectivity index (χ2n) is 8.27. The second kappa shape index (κ2) is 11.9. The van der Waals surface area contributed by atoms with E-state index in [1.807, 2.05) is 77.1 Å². The van der Waals surface area contributed by atoms with Crippen molar-refractivity contribution >= 4 is 27.7 Å². The summed E-state index contributed by atoms with van der Waals surface area (Å²) in [6.45, 7) is 10.8. The van der Waals surface area contributed by atoms with Crippen LogP contribution in [0.3, 0.4) is 0 Å². The van der Waals surface area contributed by atoms with Crippen molar-refractivity contribution in [2.45, 2.75) is 53.6 Å². The maximum Gasteiger partial charge on any atom is 0.261 e. The Morgan fingerprint density at radius 1 is 1.10 bits per heavy atom. The van der Waals surface area contributed by atoms with Gasteiger partial charge in [0.25, 0.3) is 5.91 Å². The molecule has 0 saturated carbocycles. The zero-order valence-electron chi connectivity index (χ0n) is 19.1. The van der Waals surface area contributed by atoms with E-state index in [0.717, 1.165) is 21.2 Å². The van der Waals surface area contributed by atoms with Crippen LogP contribution in [-0.4, -0.2) is 35.9 Å². The maximum atomic E-state index is 13.2. The van der Waals surface area contributed by atoms with Gasteiger partial charge in [-0.05, 0) is 55.5 Å². The molecule has 0 aromatic heterocycles. The lowest BCUT2D eigenvalue weighted by Crippen LogP contribution is -2.50. The number of nitrogens with one attached hydrogen (secondary N) is 1. The molecule has 2 aromatic carbocycles. The Morgan fingerprint density at radius 3 is 2.35 bits per heavy atom. The first-order valence-corrected chi connectivity index (χ1v) is 11.5.